The van der Waals surface area contributed by atoms with E-state index in [1.54, 1.807) is 0 Å². The molecule has 0 saturated heterocycles. The number of ether oxygens (including phenoxy) is 2. The zero-order valence-corrected chi connectivity index (χ0v) is 10.9. The molecule has 0 spiro atoms. The van der Waals surface area contributed by atoms with Crippen molar-refractivity contribution in [1.82, 2.24) is 0 Å². The monoisotopic (exact) mass is 298 g/mol. The molecule has 0 unspecified atom stereocenters. The van der Waals surface area contributed by atoms with Crippen LogP contribution in [0.3, 0.4) is 0 Å². The number of alkyl halides is 3. The van der Waals surface area contributed by atoms with Crippen LogP contribution in [0.5, 0.6) is 11.5 Å². The first-order chi connectivity index (χ1) is 9.98. The highest BCUT2D eigenvalue weighted by Crippen LogP contribution is 2.29. The summed E-state index contributed by atoms with van der Waals surface area (Å²) in [4.78, 5) is 0. The van der Waals surface area contributed by atoms with Crippen LogP contribution < -0.4 is 9.47 Å². The van der Waals surface area contributed by atoms with E-state index in [0.717, 1.165) is 17.7 Å². The summed E-state index contributed by atoms with van der Waals surface area (Å²) in [5, 5.41) is 9.22. The maximum absolute atomic E-state index is 12.1. The summed E-state index contributed by atoms with van der Waals surface area (Å²) >= 11 is 0. The van der Waals surface area contributed by atoms with Crippen molar-refractivity contribution < 1.29 is 27.8 Å². The zero-order valence-electron chi connectivity index (χ0n) is 10.9. The average molecular weight is 298 g/mol. The highest BCUT2D eigenvalue weighted by atomic mass is 19.4. The van der Waals surface area contributed by atoms with E-state index in [4.69, 9.17) is 4.74 Å². The van der Waals surface area contributed by atoms with Crippen LogP contribution in [0.25, 0.3) is 0 Å². The molecule has 112 valence electrons. The third-order valence-electron chi connectivity index (χ3n) is 2.67. The fourth-order valence-corrected chi connectivity index (χ4v) is 1.75. The molecule has 0 fully saturated rings. The molecule has 0 amide bonds. The first-order valence-corrected chi connectivity index (χ1v) is 6.14. The Morgan fingerprint density at radius 2 is 1.71 bits per heavy atom. The van der Waals surface area contributed by atoms with Gasteiger partial charge in [0, 0.05) is 5.56 Å². The lowest BCUT2D eigenvalue weighted by Crippen LogP contribution is -2.17. The van der Waals surface area contributed by atoms with Gasteiger partial charge in [-0.2, -0.15) is 0 Å². The van der Waals surface area contributed by atoms with Gasteiger partial charge in [-0.25, -0.2) is 0 Å². The van der Waals surface area contributed by atoms with E-state index in [1.165, 1.54) is 6.07 Å². The predicted molar refractivity (Wildman–Crippen MR) is 69.8 cm³/mol. The Balaban J connectivity index is 2.09. The van der Waals surface area contributed by atoms with Gasteiger partial charge in [-0.1, -0.05) is 30.3 Å². The van der Waals surface area contributed by atoms with Gasteiger partial charge >= 0.3 is 6.36 Å². The first kappa shape index (κ1) is 15.2. The summed E-state index contributed by atoms with van der Waals surface area (Å²) in [6, 6.07) is 12.9. The molecular weight excluding hydrogens is 285 g/mol. The Bertz CT molecular complexity index is 582. The van der Waals surface area contributed by atoms with Crippen LogP contribution in [0.2, 0.25) is 0 Å². The van der Waals surface area contributed by atoms with Crippen LogP contribution in [-0.2, 0) is 13.2 Å². The summed E-state index contributed by atoms with van der Waals surface area (Å²) in [5.74, 6) is -0.0745. The van der Waals surface area contributed by atoms with Gasteiger partial charge in [0.25, 0.3) is 0 Å². The van der Waals surface area contributed by atoms with Gasteiger partial charge in [-0.3, -0.25) is 0 Å². The van der Waals surface area contributed by atoms with Gasteiger partial charge in [0.1, 0.15) is 18.1 Å². The molecule has 0 bridgehead atoms. The van der Waals surface area contributed by atoms with Crippen molar-refractivity contribution in [3.63, 3.8) is 0 Å². The van der Waals surface area contributed by atoms with Crippen LogP contribution >= 0.6 is 0 Å². The minimum atomic E-state index is -4.76. The van der Waals surface area contributed by atoms with Gasteiger partial charge in [-0.15, -0.1) is 13.2 Å². The van der Waals surface area contributed by atoms with Crippen LogP contribution in [0.1, 0.15) is 11.1 Å². The van der Waals surface area contributed by atoms with Gasteiger partial charge in [0.05, 0.1) is 6.61 Å². The van der Waals surface area contributed by atoms with Gasteiger partial charge in [-0.05, 0) is 23.8 Å². The van der Waals surface area contributed by atoms with E-state index in [9.17, 15) is 18.3 Å². The number of hydrogen-bond donors (Lipinski definition) is 1. The highest BCUT2D eigenvalue weighted by Gasteiger charge is 2.31. The maximum atomic E-state index is 12.1. The quantitative estimate of drug-likeness (QED) is 0.915. The average Bonchev–Trinajstić information content (AvgIpc) is 2.45. The third kappa shape index (κ3) is 4.68. The van der Waals surface area contributed by atoms with Crippen molar-refractivity contribution >= 4 is 0 Å². The fraction of sp³-hybridized carbons (Fsp3) is 0.200. The molecule has 0 radical (unpaired) electrons. The number of benzene rings is 2. The summed E-state index contributed by atoms with van der Waals surface area (Å²) in [5.41, 5.74) is 1.14. The lowest BCUT2D eigenvalue weighted by Gasteiger charge is -2.13. The van der Waals surface area contributed by atoms with Crippen molar-refractivity contribution in [2.75, 3.05) is 0 Å². The van der Waals surface area contributed by atoms with Gasteiger partial charge < -0.3 is 14.6 Å². The van der Waals surface area contributed by atoms with E-state index in [1.807, 2.05) is 30.3 Å². The Hall–Kier alpha value is -2.21. The topological polar surface area (TPSA) is 38.7 Å². The molecular formula is C15H13F3O3. The molecule has 6 heteroatoms. The van der Waals surface area contributed by atoms with Crippen molar-refractivity contribution in [1.29, 1.82) is 0 Å². The zero-order chi connectivity index (χ0) is 15.3. The van der Waals surface area contributed by atoms with Crippen LogP contribution in [0, 0.1) is 0 Å². The summed E-state index contributed by atoms with van der Waals surface area (Å²) in [6.45, 7) is -0.188. The number of rotatable bonds is 5. The molecule has 0 heterocycles. The molecule has 0 aromatic heterocycles. The lowest BCUT2D eigenvalue weighted by molar-refractivity contribution is -0.274. The van der Waals surface area contributed by atoms with E-state index in [2.05, 4.69) is 4.74 Å². The molecule has 0 atom stereocenters. The molecule has 0 aliphatic carbocycles. The van der Waals surface area contributed by atoms with Crippen molar-refractivity contribution in [2.45, 2.75) is 19.6 Å². The number of aliphatic hydroxyl groups excluding tert-OH is 1. The molecule has 0 saturated carbocycles. The lowest BCUT2D eigenvalue weighted by atomic mass is 10.2. The van der Waals surface area contributed by atoms with Gasteiger partial charge in [0.15, 0.2) is 0 Å². The third-order valence-corrected chi connectivity index (χ3v) is 2.67. The molecule has 1 N–H and O–H groups in total. The second-order valence-electron chi connectivity index (χ2n) is 4.25. The van der Waals surface area contributed by atoms with Crippen molar-refractivity contribution in [2.24, 2.45) is 0 Å². The first-order valence-electron chi connectivity index (χ1n) is 6.14. The molecule has 2 aromatic rings. The summed E-state index contributed by atoms with van der Waals surface area (Å²) < 4.78 is 45.7. The summed E-state index contributed by atoms with van der Waals surface area (Å²) in [6.07, 6.45) is -4.76. The standard InChI is InChI=1S/C15H13F3O3/c16-15(17,18)21-13-6-7-14(12(8-13)9-19)20-10-11-4-2-1-3-5-11/h1-8,19H,9-10H2. The van der Waals surface area contributed by atoms with Crippen LogP contribution in [0.15, 0.2) is 48.5 Å². The van der Waals surface area contributed by atoms with Crippen LogP contribution in [0.4, 0.5) is 13.2 Å². The van der Waals surface area contributed by atoms with Crippen molar-refractivity contribution in [3.05, 3.63) is 59.7 Å². The van der Waals surface area contributed by atoms with E-state index in [0.29, 0.717) is 5.75 Å². The second-order valence-corrected chi connectivity index (χ2v) is 4.25. The van der Waals surface area contributed by atoms with Gasteiger partial charge in [0.2, 0.25) is 0 Å². The smallest absolute Gasteiger partial charge is 0.489 e. The maximum Gasteiger partial charge on any atom is 0.573 e. The predicted octanol–water partition coefficient (Wildman–Crippen LogP) is 3.66. The SMILES string of the molecule is OCc1cc(OC(F)(F)F)ccc1OCc1ccccc1. The molecule has 0 aliphatic heterocycles. The normalized spacial score (nSPS) is 11.2. The molecule has 3 nitrogen and oxygen atoms in total. The second kappa shape index (κ2) is 6.49. The summed E-state index contributed by atoms with van der Waals surface area (Å²) in [7, 11) is 0. The van der Waals surface area contributed by atoms with E-state index in [-0.39, 0.29) is 12.2 Å². The molecule has 2 aromatic carbocycles. The fourth-order valence-electron chi connectivity index (χ4n) is 1.75. The van der Waals surface area contributed by atoms with E-state index >= 15 is 0 Å². The Labute approximate surface area is 119 Å². The number of aliphatic hydroxyl groups is 1. The minimum absolute atomic E-state index is 0.229. The van der Waals surface area contributed by atoms with E-state index < -0.39 is 18.7 Å². The Morgan fingerprint density at radius 3 is 2.33 bits per heavy atom. The molecule has 2 rings (SSSR count). The molecule has 0 aliphatic rings. The minimum Gasteiger partial charge on any atom is -0.489 e. The van der Waals surface area contributed by atoms with Crippen LogP contribution in [-0.4, -0.2) is 11.5 Å². The number of hydrogen-bond acceptors (Lipinski definition) is 3. The highest BCUT2D eigenvalue weighted by molar-refractivity contribution is 5.40. The Morgan fingerprint density at radius 1 is 1.00 bits per heavy atom. The largest absolute Gasteiger partial charge is 0.573 e. The number of halogens is 3. The van der Waals surface area contributed by atoms with Crippen molar-refractivity contribution in [3.8, 4) is 11.5 Å². The molecule has 21 heavy (non-hydrogen) atoms. The Kier molecular flexibility index (Phi) is 4.70.